The van der Waals surface area contributed by atoms with Crippen molar-refractivity contribution in [1.29, 1.82) is 0 Å². The minimum absolute atomic E-state index is 0.0868. The smallest absolute Gasteiger partial charge is 0.422 e. The van der Waals surface area contributed by atoms with E-state index < -0.39 is 12.3 Å². The fourth-order valence-corrected chi connectivity index (χ4v) is 6.66. The van der Waals surface area contributed by atoms with Crippen LogP contribution in [0.15, 0.2) is 158 Å². The minimum Gasteiger partial charge on any atom is -0.456 e. The topological polar surface area (TPSA) is 41.5 Å². The zero-order valence-electron chi connectivity index (χ0n) is 28.4. The molecule has 0 amide bonds. The summed E-state index contributed by atoms with van der Waals surface area (Å²) in [6.07, 6.45) is 3.92. The Morgan fingerprint density at radius 3 is 2.15 bits per heavy atom. The standard InChI is InChI=1S/C39H32B2N4O/c1-39(2)33-22-12-13-24-35(33)46-37-32(21-14-23-34(37)39)38-42-27-25-36(43-38)41-44(30-17-8-4-9-18-30)28-26-40(29-15-6-3-7-16-29)45(41)31-19-10-5-11-20-31/h3-28H,1-2H3/i1D3. The average molecular weight is 597 g/mol. The van der Waals surface area contributed by atoms with Crippen molar-refractivity contribution >= 4 is 36.3 Å². The van der Waals surface area contributed by atoms with Crippen LogP contribution in [0.1, 0.15) is 29.0 Å². The molecule has 46 heavy (non-hydrogen) atoms. The van der Waals surface area contributed by atoms with E-state index >= 15 is 0 Å². The largest absolute Gasteiger partial charge is 0.456 e. The Balaban J connectivity index is 1.32. The second kappa shape index (κ2) is 11.4. The van der Waals surface area contributed by atoms with Crippen LogP contribution < -0.4 is 25.3 Å². The third-order valence-corrected chi connectivity index (χ3v) is 8.88. The number of hydrogen-bond acceptors (Lipinski definition) is 5. The molecule has 1 atom stereocenters. The minimum atomic E-state index is -2.34. The van der Waals surface area contributed by atoms with Crippen LogP contribution in [-0.2, 0) is 5.41 Å². The lowest BCUT2D eigenvalue weighted by Crippen LogP contribution is -2.69. The molecule has 220 valence electrons. The van der Waals surface area contributed by atoms with Gasteiger partial charge in [-0.15, -0.1) is 0 Å². The van der Waals surface area contributed by atoms with Gasteiger partial charge in [0.05, 0.1) is 11.2 Å². The highest BCUT2D eigenvalue weighted by atomic mass is 16.5. The van der Waals surface area contributed by atoms with Crippen LogP contribution in [0.4, 0.5) is 11.4 Å². The van der Waals surface area contributed by atoms with Gasteiger partial charge in [-0.2, -0.15) is 0 Å². The molecule has 0 N–H and O–H groups in total. The van der Waals surface area contributed by atoms with Gasteiger partial charge in [-0.3, -0.25) is 0 Å². The fourth-order valence-electron chi connectivity index (χ4n) is 6.66. The van der Waals surface area contributed by atoms with Crippen LogP contribution in [0.5, 0.6) is 11.5 Å². The van der Waals surface area contributed by atoms with E-state index in [0.29, 0.717) is 34.0 Å². The van der Waals surface area contributed by atoms with E-state index in [2.05, 4.69) is 82.4 Å². The number of para-hydroxylation sites is 4. The molecule has 5 nitrogen and oxygen atoms in total. The monoisotopic (exact) mass is 597 g/mol. The van der Waals surface area contributed by atoms with Gasteiger partial charge in [0.2, 0.25) is 0 Å². The molecular weight excluding hydrogens is 562 g/mol. The predicted molar refractivity (Wildman–Crippen MR) is 190 cm³/mol. The number of rotatable bonds is 5. The maximum atomic E-state index is 8.65. The molecular formula is C39H32B2N4O. The van der Waals surface area contributed by atoms with E-state index in [1.807, 2.05) is 78.9 Å². The Labute approximate surface area is 275 Å². The first-order chi connectivity index (χ1) is 23.8. The zero-order valence-corrected chi connectivity index (χ0v) is 25.4. The van der Waals surface area contributed by atoms with Gasteiger partial charge in [0, 0.05) is 38.2 Å². The van der Waals surface area contributed by atoms with E-state index in [4.69, 9.17) is 18.8 Å². The molecule has 0 radical (unpaired) electrons. The van der Waals surface area contributed by atoms with Crippen molar-refractivity contribution in [3.63, 3.8) is 0 Å². The fraction of sp³-hybridized carbons (Fsp3) is 0.0769. The van der Waals surface area contributed by atoms with Crippen LogP contribution in [0.3, 0.4) is 0 Å². The highest BCUT2D eigenvalue weighted by molar-refractivity contribution is 6.99. The van der Waals surface area contributed by atoms with E-state index in [9.17, 15) is 0 Å². The van der Waals surface area contributed by atoms with E-state index in [0.717, 1.165) is 22.4 Å². The van der Waals surface area contributed by atoms with Crippen LogP contribution in [0.2, 0.25) is 0 Å². The molecule has 8 rings (SSSR count). The number of fused-ring (bicyclic) bond motifs is 2. The average Bonchev–Trinajstić information content (AvgIpc) is 3.15. The zero-order chi connectivity index (χ0) is 33.6. The molecule has 2 aliphatic heterocycles. The van der Waals surface area contributed by atoms with Crippen molar-refractivity contribution in [2.24, 2.45) is 0 Å². The predicted octanol–water partition coefficient (Wildman–Crippen LogP) is 7.25. The summed E-state index contributed by atoms with van der Waals surface area (Å²) in [5.41, 5.74) is 4.53. The summed E-state index contributed by atoms with van der Waals surface area (Å²) in [4.78, 5) is 12.3. The number of benzene rings is 5. The lowest BCUT2D eigenvalue weighted by atomic mass is 9.44. The van der Waals surface area contributed by atoms with Crippen LogP contribution in [-0.4, -0.2) is 23.8 Å². The molecule has 0 saturated carbocycles. The summed E-state index contributed by atoms with van der Waals surface area (Å²) in [5.74, 6) is 3.66. The molecule has 0 aliphatic carbocycles. The van der Waals surface area contributed by atoms with Gasteiger partial charge in [0.1, 0.15) is 11.5 Å². The number of hydrogen-bond donors (Lipinski definition) is 0. The van der Waals surface area contributed by atoms with Crippen molar-refractivity contribution in [2.75, 3.05) is 9.53 Å². The number of aromatic nitrogens is 2. The molecule has 1 aromatic heterocycles. The maximum absolute atomic E-state index is 8.65. The SMILES string of the molecule is [2H]C([2H])([2H])C1(C)c2ccccc2Oc2c(-c3nccc(B4N(c5ccccc5)C=CB(c5ccccc5)N4c4ccccc4)n3)cccc21. The molecule has 3 heterocycles. The number of ether oxygens (including phenoxy) is 1. The Morgan fingerprint density at radius 1 is 0.717 bits per heavy atom. The third kappa shape index (κ3) is 4.76. The van der Waals surface area contributed by atoms with Gasteiger partial charge < -0.3 is 14.3 Å². The summed E-state index contributed by atoms with van der Waals surface area (Å²) in [5, 5.41) is 0. The molecule has 6 aromatic rings. The van der Waals surface area contributed by atoms with Gasteiger partial charge in [0.25, 0.3) is 0 Å². The van der Waals surface area contributed by atoms with Crippen molar-refractivity contribution in [3.05, 3.63) is 169 Å². The van der Waals surface area contributed by atoms with Crippen molar-refractivity contribution in [1.82, 2.24) is 9.97 Å². The van der Waals surface area contributed by atoms with E-state index in [1.54, 1.807) is 13.1 Å². The molecule has 1 unspecified atom stereocenters. The summed E-state index contributed by atoms with van der Waals surface area (Å²) in [6, 6.07) is 46.1. The second-order valence-corrected chi connectivity index (χ2v) is 11.8. The molecule has 0 bridgehead atoms. The lowest BCUT2D eigenvalue weighted by molar-refractivity contribution is 0.419. The summed E-state index contributed by atoms with van der Waals surface area (Å²) in [6.45, 7) is -1.02. The molecule has 5 aromatic carbocycles. The van der Waals surface area contributed by atoms with Crippen LogP contribution in [0.25, 0.3) is 11.4 Å². The molecule has 0 spiro atoms. The van der Waals surface area contributed by atoms with Gasteiger partial charge in [-0.1, -0.05) is 122 Å². The summed E-state index contributed by atoms with van der Waals surface area (Å²) < 4.78 is 34.9. The first-order valence-corrected chi connectivity index (χ1v) is 15.5. The summed E-state index contributed by atoms with van der Waals surface area (Å²) >= 11 is 0. The number of nitrogens with zero attached hydrogens (tertiary/aromatic N) is 4. The van der Waals surface area contributed by atoms with Crippen LogP contribution in [0, 0.1) is 0 Å². The maximum Gasteiger partial charge on any atom is 0.422 e. The van der Waals surface area contributed by atoms with E-state index in [1.165, 1.54) is 0 Å². The van der Waals surface area contributed by atoms with Crippen molar-refractivity contribution < 1.29 is 8.85 Å². The molecule has 7 heteroatoms. The van der Waals surface area contributed by atoms with E-state index in [-0.39, 0.29) is 13.8 Å². The quantitative estimate of drug-likeness (QED) is 0.196. The Hall–Kier alpha value is -5.55. The summed E-state index contributed by atoms with van der Waals surface area (Å²) in [7, 11) is 0. The Morgan fingerprint density at radius 2 is 1.39 bits per heavy atom. The van der Waals surface area contributed by atoms with Crippen molar-refractivity contribution in [3.8, 4) is 22.9 Å². The molecule has 0 fully saturated rings. The normalized spacial score (nSPS) is 18.2. The third-order valence-electron chi connectivity index (χ3n) is 8.88. The van der Waals surface area contributed by atoms with Gasteiger partial charge in [0.15, 0.2) is 5.82 Å². The lowest BCUT2D eigenvalue weighted by Gasteiger charge is -2.44. The van der Waals surface area contributed by atoms with Gasteiger partial charge in [-0.05, 0) is 48.7 Å². The van der Waals surface area contributed by atoms with Gasteiger partial charge in [-0.25, -0.2) is 9.97 Å². The van der Waals surface area contributed by atoms with Crippen molar-refractivity contribution in [2.45, 2.75) is 19.2 Å². The Kier molecular flexibility index (Phi) is 6.14. The highest BCUT2D eigenvalue weighted by Crippen LogP contribution is 2.50. The van der Waals surface area contributed by atoms with Crippen LogP contribution >= 0.6 is 0 Å². The molecule has 2 aliphatic rings. The Bertz CT molecular complexity index is 2150. The first kappa shape index (κ1) is 24.7. The second-order valence-electron chi connectivity index (χ2n) is 11.8. The van der Waals surface area contributed by atoms with Gasteiger partial charge >= 0.3 is 13.8 Å². The number of anilines is 2. The molecule has 0 saturated heterocycles. The highest BCUT2D eigenvalue weighted by Gasteiger charge is 2.43. The first-order valence-electron chi connectivity index (χ1n) is 17.0.